The zero-order valence-electron chi connectivity index (χ0n) is 12.6. The van der Waals surface area contributed by atoms with Gasteiger partial charge in [0, 0.05) is 30.4 Å². The second-order valence-corrected chi connectivity index (χ2v) is 6.12. The van der Waals surface area contributed by atoms with Crippen LogP contribution in [0, 0.1) is 6.92 Å². The first kappa shape index (κ1) is 14.2. The molecule has 0 amide bonds. The van der Waals surface area contributed by atoms with Crippen LogP contribution in [0.1, 0.15) is 30.4 Å². The second kappa shape index (κ2) is 5.93. The van der Waals surface area contributed by atoms with E-state index in [1.807, 2.05) is 13.0 Å². The standard InChI is InChI=1S/C16H24N4O/c1-12-10-13(4-5-15(12)16(17)18-21)20-9-6-14(11-20)19-7-2-3-8-19/h4-5,10,14,21H,2-3,6-9,11H2,1H3,(H2,17,18). The van der Waals surface area contributed by atoms with Crippen molar-refractivity contribution in [1.82, 2.24) is 4.90 Å². The van der Waals surface area contributed by atoms with Crippen LogP contribution in [0.3, 0.4) is 0 Å². The van der Waals surface area contributed by atoms with Gasteiger partial charge in [-0.1, -0.05) is 5.16 Å². The third-order valence-corrected chi connectivity index (χ3v) is 4.78. The normalized spacial score (nSPS) is 24.0. The summed E-state index contributed by atoms with van der Waals surface area (Å²) in [7, 11) is 0. The highest BCUT2D eigenvalue weighted by molar-refractivity contribution is 5.98. The molecule has 2 saturated heterocycles. The first-order chi connectivity index (χ1) is 10.2. The number of nitrogens with zero attached hydrogens (tertiary/aromatic N) is 3. The lowest BCUT2D eigenvalue weighted by molar-refractivity contribution is 0.260. The molecule has 2 aliphatic rings. The highest BCUT2D eigenvalue weighted by Gasteiger charge is 2.29. The van der Waals surface area contributed by atoms with Crippen molar-refractivity contribution in [1.29, 1.82) is 0 Å². The number of likely N-dealkylation sites (tertiary alicyclic amines) is 1. The monoisotopic (exact) mass is 288 g/mol. The maximum absolute atomic E-state index is 8.80. The molecule has 1 atom stereocenters. The van der Waals surface area contributed by atoms with Gasteiger partial charge < -0.3 is 15.8 Å². The molecule has 1 unspecified atom stereocenters. The summed E-state index contributed by atoms with van der Waals surface area (Å²) in [5.41, 5.74) is 8.77. The van der Waals surface area contributed by atoms with E-state index in [0.717, 1.165) is 24.2 Å². The molecule has 0 aliphatic carbocycles. The summed E-state index contributed by atoms with van der Waals surface area (Å²) in [6.07, 6.45) is 3.95. The van der Waals surface area contributed by atoms with Crippen molar-refractivity contribution in [3.8, 4) is 0 Å². The van der Waals surface area contributed by atoms with Gasteiger partial charge in [-0.15, -0.1) is 0 Å². The van der Waals surface area contributed by atoms with Crippen LogP contribution in [0.4, 0.5) is 5.69 Å². The third kappa shape index (κ3) is 2.83. The van der Waals surface area contributed by atoms with Crippen LogP contribution in [0.15, 0.2) is 23.4 Å². The Kier molecular flexibility index (Phi) is 4.01. The molecule has 5 nitrogen and oxygen atoms in total. The Bertz CT molecular complexity index is 537. The van der Waals surface area contributed by atoms with Gasteiger partial charge >= 0.3 is 0 Å². The topological polar surface area (TPSA) is 65.1 Å². The van der Waals surface area contributed by atoms with Crippen LogP contribution < -0.4 is 10.6 Å². The molecule has 2 heterocycles. The van der Waals surface area contributed by atoms with Gasteiger partial charge in [-0.05, 0) is 63.0 Å². The highest BCUT2D eigenvalue weighted by Crippen LogP contribution is 2.26. The van der Waals surface area contributed by atoms with Crippen LogP contribution in [0.2, 0.25) is 0 Å². The van der Waals surface area contributed by atoms with Gasteiger partial charge in [-0.3, -0.25) is 4.90 Å². The Morgan fingerprint density at radius 1 is 1.29 bits per heavy atom. The fourth-order valence-electron chi connectivity index (χ4n) is 3.57. The van der Waals surface area contributed by atoms with Crippen molar-refractivity contribution < 1.29 is 5.21 Å². The van der Waals surface area contributed by atoms with Crippen LogP contribution in [0.5, 0.6) is 0 Å². The lowest BCUT2D eigenvalue weighted by Crippen LogP contribution is -2.35. The number of benzene rings is 1. The Balaban J connectivity index is 1.71. The van der Waals surface area contributed by atoms with Crippen LogP contribution in [-0.4, -0.2) is 48.2 Å². The summed E-state index contributed by atoms with van der Waals surface area (Å²) in [6.45, 7) is 6.76. The predicted octanol–water partition coefficient (Wildman–Crippen LogP) is 1.76. The van der Waals surface area contributed by atoms with E-state index < -0.39 is 0 Å². The summed E-state index contributed by atoms with van der Waals surface area (Å²) < 4.78 is 0. The highest BCUT2D eigenvalue weighted by atomic mass is 16.4. The van der Waals surface area contributed by atoms with E-state index >= 15 is 0 Å². The van der Waals surface area contributed by atoms with Crippen LogP contribution >= 0.6 is 0 Å². The van der Waals surface area contributed by atoms with Crippen molar-refractivity contribution in [2.45, 2.75) is 32.2 Å². The lowest BCUT2D eigenvalue weighted by atomic mass is 10.1. The zero-order valence-corrected chi connectivity index (χ0v) is 12.6. The average Bonchev–Trinajstić information content (AvgIpc) is 3.17. The Morgan fingerprint density at radius 2 is 2.05 bits per heavy atom. The molecule has 2 fully saturated rings. The molecule has 2 aliphatic heterocycles. The van der Waals surface area contributed by atoms with Crippen molar-refractivity contribution in [3.63, 3.8) is 0 Å². The second-order valence-electron chi connectivity index (χ2n) is 6.12. The molecule has 3 rings (SSSR count). The lowest BCUT2D eigenvalue weighted by Gasteiger charge is -2.25. The number of oxime groups is 1. The summed E-state index contributed by atoms with van der Waals surface area (Å²) in [6, 6.07) is 6.87. The summed E-state index contributed by atoms with van der Waals surface area (Å²) in [5.74, 6) is 0.176. The average molecular weight is 288 g/mol. The fraction of sp³-hybridized carbons (Fsp3) is 0.562. The molecule has 114 valence electrons. The van der Waals surface area contributed by atoms with Gasteiger partial charge in [0.25, 0.3) is 0 Å². The minimum Gasteiger partial charge on any atom is -0.409 e. The number of aryl methyl sites for hydroxylation is 1. The Labute approximate surface area is 126 Å². The fourth-order valence-corrected chi connectivity index (χ4v) is 3.57. The number of rotatable bonds is 3. The molecule has 1 aromatic carbocycles. The molecule has 5 heteroatoms. The molecule has 0 radical (unpaired) electrons. The number of hydrogen-bond acceptors (Lipinski definition) is 4. The van der Waals surface area contributed by atoms with Gasteiger partial charge in [0.15, 0.2) is 5.84 Å². The first-order valence-corrected chi connectivity index (χ1v) is 7.76. The van der Waals surface area contributed by atoms with Crippen molar-refractivity contribution in [2.24, 2.45) is 10.9 Å². The quantitative estimate of drug-likeness (QED) is 0.385. The maximum atomic E-state index is 8.80. The molecule has 0 bridgehead atoms. The Hall–Kier alpha value is -1.75. The zero-order chi connectivity index (χ0) is 14.8. The minimum absolute atomic E-state index is 0.176. The number of anilines is 1. The van der Waals surface area contributed by atoms with E-state index in [4.69, 9.17) is 10.9 Å². The van der Waals surface area contributed by atoms with Gasteiger partial charge in [0.2, 0.25) is 0 Å². The molecular weight excluding hydrogens is 264 g/mol. The van der Waals surface area contributed by atoms with E-state index in [9.17, 15) is 0 Å². The number of nitrogens with two attached hydrogens (primary N) is 1. The summed E-state index contributed by atoms with van der Waals surface area (Å²) in [5, 5.41) is 11.9. The van der Waals surface area contributed by atoms with E-state index in [1.54, 1.807) is 0 Å². The first-order valence-electron chi connectivity index (χ1n) is 7.76. The van der Waals surface area contributed by atoms with Gasteiger partial charge in [0.1, 0.15) is 0 Å². The molecule has 3 N–H and O–H groups in total. The largest absolute Gasteiger partial charge is 0.409 e. The summed E-state index contributed by atoms with van der Waals surface area (Å²) >= 11 is 0. The minimum atomic E-state index is 0.176. The van der Waals surface area contributed by atoms with E-state index in [0.29, 0.717) is 6.04 Å². The van der Waals surface area contributed by atoms with Gasteiger partial charge in [-0.2, -0.15) is 0 Å². The summed E-state index contributed by atoms with van der Waals surface area (Å²) in [4.78, 5) is 5.09. The van der Waals surface area contributed by atoms with E-state index in [-0.39, 0.29) is 5.84 Å². The molecule has 0 saturated carbocycles. The molecule has 1 aromatic rings. The smallest absolute Gasteiger partial charge is 0.170 e. The van der Waals surface area contributed by atoms with E-state index in [1.165, 1.54) is 38.0 Å². The van der Waals surface area contributed by atoms with Crippen LogP contribution in [0.25, 0.3) is 0 Å². The van der Waals surface area contributed by atoms with Crippen LogP contribution in [-0.2, 0) is 0 Å². The van der Waals surface area contributed by atoms with Gasteiger partial charge in [0.05, 0.1) is 0 Å². The maximum Gasteiger partial charge on any atom is 0.170 e. The van der Waals surface area contributed by atoms with Crippen molar-refractivity contribution >= 4 is 11.5 Å². The Morgan fingerprint density at radius 3 is 2.71 bits per heavy atom. The number of hydrogen-bond donors (Lipinski definition) is 2. The molecular formula is C16H24N4O. The van der Waals surface area contributed by atoms with E-state index in [2.05, 4.69) is 27.1 Å². The number of amidine groups is 1. The molecule has 0 spiro atoms. The SMILES string of the molecule is Cc1cc(N2CCC(N3CCCC3)C2)ccc1/C(N)=N/O. The van der Waals surface area contributed by atoms with Gasteiger partial charge in [-0.25, -0.2) is 0 Å². The van der Waals surface area contributed by atoms with Crippen molar-refractivity contribution in [3.05, 3.63) is 29.3 Å². The third-order valence-electron chi connectivity index (χ3n) is 4.78. The molecule has 21 heavy (non-hydrogen) atoms. The molecule has 0 aromatic heterocycles. The predicted molar refractivity (Wildman–Crippen MR) is 85.1 cm³/mol. The van der Waals surface area contributed by atoms with Crippen molar-refractivity contribution in [2.75, 3.05) is 31.1 Å².